The van der Waals surface area contributed by atoms with Crippen LogP contribution in [0.15, 0.2) is 72.9 Å². The van der Waals surface area contributed by atoms with Gasteiger partial charge in [-0.3, -0.25) is 0 Å². The molecule has 2 aromatic carbocycles. The number of anilines is 1. The molecule has 37 heavy (non-hydrogen) atoms. The van der Waals surface area contributed by atoms with Crippen molar-refractivity contribution in [3.8, 4) is 17.1 Å². The van der Waals surface area contributed by atoms with Gasteiger partial charge in [0.2, 0.25) is 0 Å². The molecule has 5 aromatic rings. The SMILES string of the molecule is Cc1cccc(-c2ccn(-c3cc(N4CCOCC4)c4nc(COCc5ccccc5)n(C)c4n3)n2)c1. The number of rotatable bonds is 7. The second kappa shape index (κ2) is 10.2. The van der Waals surface area contributed by atoms with Crippen LogP contribution in [0.5, 0.6) is 0 Å². The van der Waals surface area contributed by atoms with E-state index >= 15 is 0 Å². The summed E-state index contributed by atoms with van der Waals surface area (Å²) in [6, 6.07) is 22.7. The molecule has 0 atom stereocenters. The second-order valence-electron chi connectivity index (χ2n) is 9.35. The molecule has 0 unspecified atom stereocenters. The van der Waals surface area contributed by atoms with Crippen molar-refractivity contribution in [1.29, 1.82) is 0 Å². The summed E-state index contributed by atoms with van der Waals surface area (Å²) in [4.78, 5) is 12.3. The molecule has 3 aromatic heterocycles. The molecule has 8 heteroatoms. The molecule has 0 bridgehead atoms. The summed E-state index contributed by atoms with van der Waals surface area (Å²) >= 11 is 0. The highest BCUT2D eigenvalue weighted by Gasteiger charge is 2.21. The average Bonchev–Trinajstić information content (AvgIpc) is 3.55. The lowest BCUT2D eigenvalue weighted by Crippen LogP contribution is -2.36. The maximum absolute atomic E-state index is 6.02. The predicted octanol–water partition coefficient (Wildman–Crippen LogP) is 4.68. The smallest absolute Gasteiger partial charge is 0.164 e. The lowest BCUT2D eigenvalue weighted by molar-refractivity contribution is 0.100. The van der Waals surface area contributed by atoms with Crippen LogP contribution in [-0.2, 0) is 29.7 Å². The van der Waals surface area contributed by atoms with Crippen LogP contribution in [0.3, 0.4) is 0 Å². The van der Waals surface area contributed by atoms with Crippen molar-refractivity contribution in [1.82, 2.24) is 24.3 Å². The third kappa shape index (κ3) is 4.85. The fourth-order valence-electron chi connectivity index (χ4n) is 4.70. The van der Waals surface area contributed by atoms with E-state index in [1.54, 1.807) is 0 Å². The third-order valence-electron chi connectivity index (χ3n) is 6.72. The molecule has 6 rings (SSSR count). The molecule has 0 amide bonds. The van der Waals surface area contributed by atoms with Gasteiger partial charge in [-0.2, -0.15) is 5.10 Å². The van der Waals surface area contributed by atoms with Gasteiger partial charge in [0, 0.05) is 38.0 Å². The first-order valence-corrected chi connectivity index (χ1v) is 12.6. The van der Waals surface area contributed by atoms with Gasteiger partial charge < -0.3 is 18.9 Å². The summed E-state index contributed by atoms with van der Waals surface area (Å²) in [5.74, 6) is 1.60. The fraction of sp³-hybridized carbons (Fsp3) is 0.276. The number of pyridine rings is 1. The number of imidazole rings is 1. The molecule has 8 nitrogen and oxygen atoms in total. The molecule has 0 N–H and O–H groups in total. The maximum Gasteiger partial charge on any atom is 0.164 e. The van der Waals surface area contributed by atoms with E-state index < -0.39 is 0 Å². The number of hydrogen-bond acceptors (Lipinski definition) is 6. The number of fused-ring (bicyclic) bond motifs is 1. The predicted molar refractivity (Wildman–Crippen MR) is 144 cm³/mol. The first-order chi connectivity index (χ1) is 18.2. The normalized spacial score (nSPS) is 13.9. The van der Waals surface area contributed by atoms with Crippen LogP contribution in [0.4, 0.5) is 5.69 Å². The van der Waals surface area contributed by atoms with Crippen LogP contribution in [0.25, 0.3) is 28.2 Å². The minimum absolute atomic E-state index is 0.402. The van der Waals surface area contributed by atoms with Gasteiger partial charge in [-0.15, -0.1) is 0 Å². The number of nitrogens with zero attached hydrogens (tertiary/aromatic N) is 6. The van der Waals surface area contributed by atoms with Crippen LogP contribution in [0.1, 0.15) is 17.0 Å². The van der Waals surface area contributed by atoms with E-state index in [9.17, 15) is 0 Å². The largest absolute Gasteiger partial charge is 0.378 e. The van der Waals surface area contributed by atoms with Gasteiger partial charge in [-0.1, -0.05) is 54.1 Å². The van der Waals surface area contributed by atoms with Crippen molar-refractivity contribution >= 4 is 16.9 Å². The lowest BCUT2D eigenvalue weighted by Gasteiger charge is -2.29. The highest BCUT2D eigenvalue weighted by Crippen LogP contribution is 2.30. The molecular formula is C29H30N6O2. The van der Waals surface area contributed by atoms with Gasteiger partial charge in [0.15, 0.2) is 11.5 Å². The average molecular weight is 495 g/mol. The Kier molecular flexibility index (Phi) is 6.42. The summed E-state index contributed by atoms with van der Waals surface area (Å²) in [5, 5.41) is 4.86. The molecule has 0 saturated carbocycles. The highest BCUT2D eigenvalue weighted by atomic mass is 16.5. The minimum Gasteiger partial charge on any atom is -0.378 e. The lowest BCUT2D eigenvalue weighted by atomic mass is 10.1. The molecule has 0 spiro atoms. The Labute approximate surface area is 216 Å². The van der Waals surface area contributed by atoms with Crippen molar-refractivity contribution in [3.63, 3.8) is 0 Å². The van der Waals surface area contributed by atoms with E-state index in [0.29, 0.717) is 26.4 Å². The maximum atomic E-state index is 6.02. The van der Waals surface area contributed by atoms with E-state index in [0.717, 1.165) is 58.4 Å². The first kappa shape index (κ1) is 23.4. The Hall–Kier alpha value is -4.01. The Morgan fingerprint density at radius 3 is 2.57 bits per heavy atom. The zero-order valence-corrected chi connectivity index (χ0v) is 21.2. The van der Waals surface area contributed by atoms with Crippen LogP contribution in [0.2, 0.25) is 0 Å². The molecule has 1 aliphatic heterocycles. The van der Waals surface area contributed by atoms with Crippen molar-refractivity contribution in [2.24, 2.45) is 7.05 Å². The molecule has 4 heterocycles. The highest BCUT2D eigenvalue weighted by molar-refractivity contribution is 5.88. The van der Waals surface area contributed by atoms with Gasteiger partial charge >= 0.3 is 0 Å². The quantitative estimate of drug-likeness (QED) is 0.327. The number of benzene rings is 2. The Bertz CT molecular complexity index is 1520. The Morgan fingerprint density at radius 1 is 0.919 bits per heavy atom. The summed E-state index contributed by atoms with van der Waals surface area (Å²) in [6.45, 7) is 6.03. The van der Waals surface area contributed by atoms with Crippen LogP contribution in [-0.4, -0.2) is 50.6 Å². The number of morpholine rings is 1. The zero-order chi connectivity index (χ0) is 25.2. The van der Waals surface area contributed by atoms with Crippen molar-refractivity contribution in [2.75, 3.05) is 31.2 Å². The van der Waals surface area contributed by atoms with Gasteiger partial charge in [-0.05, 0) is 24.6 Å². The Balaban J connectivity index is 1.36. The van der Waals surface area contributed by atoms with Gasteiger partial charge in [0.25, 0.3) is 0 Å². The molecule has 188 valence electrons. The molecule has 1 saturated heterocycles. The standard InChI is InChI=1S/C29H30N6O2/c1-21-7-6-10-23(17-21)24-11-12-35(32-24)26-18-25(34-13-15-36-16-14-34)28-29(31-26)33(2)27(30-28)20-37-19-22-8-4-3-5-9-22/h3-12,17-18H,13-16,19-20H2,1-2H3. The first-order valence-electron chi connectivity index (χ1n) is 12.6. The van der Waals surface area contributed by atoms with Crippen LogP contribution < -0.4 is 4.90 Å². The third-order valence-corrected chi connectivity index (χ3v) is 6.72. The van der Waals surface area contributed by atoms with E-state index in [1.165, 1.54) is 5.56 Å². The van der Waals surface area contributed by atoms with Gasteiger partial charge in [0.1, 0.15) is 17.9 Å². The van der Waals surface area contributed by atoms with Crippen molar-refractivity contribution in [2.45, 2.75) is 20.1 Å². The molecule has 1 aliphatic rings. The monoisotopic (exact) mass is 494 g/mol. The number of ether oxygens (including phenoxy) is 2. The van der Waals surface area contributed by atoms with Crippen molar-refractivity contribution < 1.29 is 9.47 Å². The molecule has 0 radical (unpaired) electrons. The topological polar surface area (TPSA) is 70.2 Å². The molecular weight excluding hydrogens is 464 g/mol. The fourth-order valence-corrected chi connectivity index (χ4v) is 4.70. The minimum atomic E-state index is 0.402. The summed E-state index contributed by atoms with van der Waals surface area (Å²) in [7, 11) is 2.00. The molecule has 1 fully saturated rings. The van der Waals surface area contributed by atoms with Crippen LogP contribution >= 0.6 is 0 Å². The van der Waals surface area contributed by atoms with Crippen LogP contribution in [0, 0.1) is 6.92 Å². The molecule has 0 aliphatic carbocycles. The number of aromatic nitrogens is 5. The van der Waals surface area contributed by atoms with Gasteiger partial charge in [-0.25, -0.2) is 14.6 Å². The summed E-state index contributed by atoms with van der Waals surface area (Å²) in [5.41, 5.74) is 7.07. The second-order valence-corrected chi connectivity index (χ2v) is 9.35. The zero-order valence-electron chi connectivity index (χ0n) is 21.2. The van der Waals surface area contributed by atoms with Gasteiger partial charge in [0.05, 0.1) is 31.2 Å². The van der Waals surface area contributed by atoms with E-state index in [1.807, 2.05) is 46.8 Å². The number of hydrogen-bond donors (Lipinski definition) is 0. The number of aryl methyl sites for hydroxylation is 2. The van der Waals surface area contributed by atoms with E-state index in [-0.39, 0.29) is 0 Å². The van der Waals surface area contributed by atoms with E-state index in [4.69, 9.17) is 24.5 Å². The summed E-state index contributed by atoms with van der Waals surface area (Å²) < 4.78 is 15.5. The van der Waals surface area contributed by atoms with E-state index in [2.05, 4.69) is 54.3 Å². The summed E-state index contributed by atoms with van der Waals surface area (Å²) in [6.07, 6.45) is 1.97. The Morgan fingerprint density at radius 2 is 1.76 bits per heavy atom. The van der Waals surface area contributed by atoms with Crippen molar-refractivity contribution in [3.05, 3.63) is 89.9 Å².